The number of nitrogens with zero attached hydrogens (tertiary/aromatic N) is 3. The maximum atomic E-state index is 6.34. The third-order valence-corrected chi connectivity index (χ3v) is 4.73. The molecule has 1 heterocycles. The van der Waals surface area contributed by atoms with Crippen LogP contribution in [0.4, 0.5) is 5.82 Å². The predicted molar refractivity (Wildman–Crippen MR) is 96.4 cm³/mol. The first-order valence-electron chi connectivity index (χ1n) is 7.58. The summed E-state index contributed by atoms with van der Waals surface area (Å²) >= 11 is 12.3. The fraction of sp³-hybridized carbons (Fsp3) is 0.222. The van der Waals surface area contributed by atoms with Crippen LogP contribution in [0.3, 0.4) is 0 Å². The number of anilines is 1. The van der Waals surface area contributed by atoms with Gasteiger partial charge in [-0.15, -0.1) is 0 Å². The van der Waals surface area contributed by atoms with Crippen LogP contribution in [0.1, 0.15) is 12.8 Å². The smallest absolute Gasteiger partial charge is 0.163 e. The molecule has 3 aromatic rings. The van der Waals surface area contributed by atoms with Gasteiger partial charge in [-0.25, -0.2) is 9.97 Å². The van der Waals surface area contributed by atoms with Gasteiger partial charge in [-0.3, -0.25) is 0 Å². The van der Waals surface area contributed by atoms with E-state index >= 15 is 0 Å². The first-order valence-corrected chi connectivity index (χ1v) is 8.34. The normalized spacial score (nSPS) is 14.2. The number of fused-ring (bicyclic) bond motifs is 1. The minimum absolute atomic E-state index is 0.563. The maximum absolute atomic E-state index is 6.34. The van der Waals surface area contributed by atoms with Gasteiger partial charge in [0, 0.05) is 29.1 Å². The Bertz CT molecular complexity index is 891. The second kappa shape index (κ2) is 5.66. The summed E-state index contributed by atoms with van der Waals surface area (Å²) in [6.07, 6.45) is 2.43. The molecule has 0 N–H and O–H groups in total. The van der Waals surface area contributed by atoms with Gasteiger partial charge in [0.1, 0.15) is 5.82 Å². The number of para-hydroxylation sites is 1. The van der Waals surface area contributed by atoms with Crippen molar-refractivity contribution in [3.8, 4) is 11.4 Å². The van der Waals surface area contributed by atoms with E-state index in [1.54, 1.807) is 6.07 Å². The molecule has 0 unspecified atom stereocenters. The summed E-state index contributed by atoms with van der Waals surface area (Å²) in [5.74, 6) is 1.59. The van der Waals surface area contributed by atoms with Crippen LogP contribution in [0.5, 0.6) is 0 Å². The van der Waals surface area contributed by atoms with E-state index in [0.29, 0.717) is 21.9 Å². The van der Waals surface area contributed by atoms with Gasteiger partial charge in [-0.1, -0.05) is 35.3 Å². The third-order valence-electron chi connectivity index (χ3n) is 4.18. The Morgan fingerprint density at radius 1 is 1.04 bits per heavy atom. The molecular weight excluding hydrogens is 329 g/mol. The zero-order valence-corrected chi connectivity index (χ0v) is 14.1. The predicted octanol–water partition coefficient (Wildman–Crippen LogP) is 5.20. The minimum atomic E-state index is 0.563. The van der Waals surface area contributed by atoms with E-state index in [0.717, 1.165) is 22.3 Å². The molecule has 0 radical (unpaired) electrons. The summed E-state index contributed by atoms with van der Waals surface area (Å²) in [6, 6.07) is 14.1. The Labute approximate surface area is 144 Å². The number of aromatic nitrogens is 2. The fourth-order valence-corrected chi connectivity index (χ4v) is 3.25. The van der Waals surface area contributed by atoms with E-state index in [1.165, 1.54) is 12.8 Å². The van der Waals surface area contributed by atoms with Gasteiger partial charge in [0.25, 0.3) is 0 Å². The lowest BCUT2D eigenvalue weighted by Gasteiger charge is -2.20. The van der Waals surface area contributed by atoms with E-state index in [9.17, 15) is 0 Å². The van der Waals surface area contributed by atoms with Crippen molar-refractivity contribution in [2.75, 3.05) is 11.9 Å². The summed E-state index contributed by atoms with van der Waals surface area (Å²) in [6.45, 7) is 0. The molecule has 5 heteroatoms. The van der Waals surface area contributed by atoms with Crippen molar-refractivity contribution in [1.82, 2.24) is 9.97 Å². The van der Waals surface area contributed by atoms with E-state index in [1.807, 2.05) is 30.3 Å². The lowest BCUT2D eigenvalue weighted by Crippen LogP contribution is -2.21. The molecule has 1 aromatic heterocycles. The SMILES string of the molecule is CN(c1nc(-c2ccc(Cl)cc2Cl)nc2ccccc12)C1CC1. The Kier molecular flexibility index (Phi) is 3.63. The van der Waals surface area contributed by atoms with Crippen LogP contribution < -0.4 is 4.90 Å². The van der Waals surface area contributed by atoms with Gasteiger partial charge in [-0.05, 0) is 43.2 Å². The zero-order chi connectivity index (χ0) is 16.0. The van der Waals surface area contributed by atoms with Gasteiger partial charge in [0.05, 0.1) is 10.5 Å². The number of halogens is 2. The molecule has 3 nitrogen and oxygen atoms in total. The number of hydrogen-bond acceptors (Lipinski definition) is 3. The quantitative estimate of drug-likeness (QED) is 0.654. The first kappa shape index (κ1) is 14.7. The second-order valence-corrected chi connectivity index (χ2v) is 6.70. The Hall–Kier alpha value is -1.84. The highest BCUT2D eigenvalue weighted by Crippen LogP contribution is 2.35. The van der Waals surface area contributed by atoms with Gasteiger partial charge in [0.2, 0.25) is 0 Å². The lowest BCUT2D eigenvalue weighted by molar-refractivity contribution is 0.896. The monoisotopic (exact) mass is 343 g/mol. The van der Waals surface area contributed by atoms with Crippen molar-refractivity contribution in [1.29, 1.82) is 0 Å². The lowest BCUT2D eigenvalue weighted by atomic mass is 10.1. The number of hydrogen-bond donors (Lipinski definition) is 0. The second-order valence-electron chi connectivity index (χ2n) is 5.85. The van der Waals surface area contributed by atoms with Crippen LogP contribution in [0, 0.1) is 0 Å². The standard InChI is InChI=1S/C18H15Cl2N3/c1-23(12-7-8-12)18-14-4-2-3-5-16(14)21-17(22-18)13-9-6-11(19)10-15(13)20/h2-6,9-10,12H,7-8H2,1H3. The van der Waals surface area contributed by atoms with Crippen molar-refractivity contribution in [2.45, 2.75) is 18.9 Å². The highest BCUT2D eigenvalue weighted by molar-refractivity contribution is 6.36. The van der Waals surface area contributed by atoms with Crippen molar-refractivity contribution in [2.24, 2.45) is 0 Å². The van der Waals surface area contributed by atoms with Crippen molar-refractivity contribution >= 4 is 39.9 Å². The van der Waals surface area contributed by atoms with Gasteiger partial charge in [-0.2, -0.15) is 0 Å². The van der Waals surface area contributed by atoms with Gasteiger partial charge >= 0.3 is 0 Å². The zero-order valence-electron chi connectivity index (χ0n) is 12.6. The molecule has 0 aliphatic heterocycles. The molecule has 1 fully saturated rings. The molecular formula is C18H15Cl2N3. The topological polar surface area (TPSA) is 29.0 Å². The molecule has 1 saturated carbocycles. The Balaban J connectivity index is 1.93. The molecule has 0 bridgehead atoms. The van der Waals surface area contributed by atoms with Crippen LogP contribution in [0.15, 0.2) is 42.5 Å². The van der Waals surface area contributed by atoms with Gasteiger partial charge in [0.15, 0.2) is 5.82 Å². The molecule has 1 aliphatic rings. The third kappa shape index (κ3) is 2.75. The maximum Gasteiger partial charge on any atom is 0.163 e. The molecule has 23 heavy (non-hydrogen) atoms. The number of rotatable bonds is 3. The van der Waals surface area contributed by atoms with Crippen LogP contribution in [-0.2, 0) is 0 Å². The Morgan fingerprint density at radius 2 is 1.83 bits per heavy atom. The molecule has 0 spiro atoms. The molecule has 2 aromatic carbocycles. The molecule has 4 rings (SSSR count). The summed E-state index contributed by atoms with van der Waals surface area (Å²) in [5.41, 5.74) is 1.72. The highest BCUT2D eigenvalue weighted by Gasteiger charge is 2.28. The summed E-state index contributed by atoms with van der Waals surface area (Å²) in [5, 5.41) is 2.23. The molecule has 1 aliphatic carbocycles. The number of benzene rings is 2. The molecule has 0 saturated heterocycles. The largest absolute Gasteiger partial charge is 0.356 e. The van der Waals surface area contributed by atoms with E-state index in [2.05, 4.69) is 18.0 Å². The van der Waals surface area contributed by atoms with Crippen molar-refractivity contribution < 1.29 is 0 Å². The molecule has 116 valence electrons. The van der Waals surface area contributed by atoms with Crippen LogP contribution in [0.25, 0.3) is 22.3 Å². The average Bonchev–Trinajstić information content (AvgIpc) is 3.38. The fourth-order valence-electron chi connectivity index (χ4n) is 2.75. The van der Waals surface area contributed by atoms with E-state index in [4.69, 9.17) is 33.2 Å². The van der Waals surface area contributed by atoms with E-state index < -0.39 is 0 Å². The van der Waals surface area contributed by atoms with Gasteiger partial charge < -0.3 is 4.90 Å². The highest BCUT2D eigenvalue weighted by atomic mass is 35.5. The summed E-state index contributed by atoms with van der Waals surface area (Å²) < 4.78 is 0. The summed E-state index contributed by atoms with van der Waals surface area (Å²) in [4.78, 5) is 11.8. The first-order chi connectivity index (χ1) is 11.1. The summed E-state index contributed by atoms with van der Waals surface area (Å²) in [7, 11) is 2.10. The molecule has 0 atom stereocenters. The van der Waals surface area contributed by atoms with Crippen LogP contribution >= 0.6 is 23.2 Å². The van der Waals surface area contributed by atoms with Crippen molar-refractivity contribution in [3.63, 3.8) is 0 Å². The van der Waals surface area contributed by atoms with Crippen LogP contribution in [0.2, 0.25) is 10.0 Å². The molecule has 0 amide bonds. The van der Waals surface area contributed by atoms with Crippen LogP contribution in [-0.4, -0.2) is 23.1 Å². The van der Waals surface area contributed by atoms with Crippen molar-refractivity contribution in [3.05, 3.63) is 52.5 Å². The average molecular weight is 344 g/mol. The minimum Gasteiger partial charge on any atom is -0.356 e. The van der Waals surface area contributed by atoms with E-state index in [-0.39, 0.29) is 0 Å². The Morgan fingerprint density at radius 3 is 2.57 bits per heavy atom.